The largest absolute Gasteiger partial charge is 0.383 e. The van der Waals surface area contributed by atoms with E-state index in [1.165, 1.54) is 0 Å². The molecule has 1 saturated heterocycles. The molecule has 1 amide bonds. The van der Waals surface area contributed by atoms with Gasteiger partial charge in [0, 0.05) is 27.3 Å². The Morgan fingerprint density at radius 3 is 2.88 bits per heavy atom. The van der Waals surface area contributed by atoms with Gasteiger partial charge in [-0.25, -0.2) is 0 Å². The van der Waals surface area contributed by atoms with Gasteiger partial charge in [-0.15, -0.1) is 0 Å². The maximum Gasteiger partial charge on any atom is 0.228 e. The van der Waals surface area contributed by atoms with E-state index in [9.17, 15) is 4.79 Å². The first-order valence-corrected chi connectivity index (χ1v) is 6.47. The van der Waals surface area contributed by atoms with E-state index in [1.807, 2.05) is 14.0 Å². The number of halogens is 1. The molecule has 94 valence electrons. The van der Waals surface area contributed by atoms with Gasteiger partial charge in [-0.1, -0.05) is 15.9 Å². The molecule has 0 radical (unpaired) electrons. The molecule has 5 heteroatoms. The predicted octanol–water partition coefficient (Wildman–Crippen LogP) is 1.28. The van der Waals surface area contributed by atoms with Crippen LogP contribution >= 0.6 is 15.9 Å². The summed E-state index contributed by atoms with van der Waals surface area (Å²) < 4.78 is 10.4. The van der Waals surface area contributed by atoms with Crippen LogP contribution in [0.15, 0.2) is 0 Å². The van der Waals surface area contributed by atoms with Crippen molar-refractivity contribution in [3.8, 4) is 0 Å². The Morgan fingerprint density at radius 1 is 1.69 bits per heavy atom. The number of hydrogen-bond donors (Lipinski definition) is 0. The van der Waals surface area contributed by atoms with Crippen LogP contribution < -0.4 is 0 Å². The first kappa shape index (κ1) is 13.9. The van der Waals surface area contributed by atoms with Crippen LogP contribution in [-0.4, -0.2) is 55.7 Å². The van der Waals surface area contributed by atoms with Gasteiger partial charge in [0.2, 0.25) is 5.91 Å². The molecule has 1 rings (SSSR count). The van der Waals surface area contributed by atoms with Crippen LogP contribution in [-0.2, 0) is 14.3 Å². The molecule has 0 aliphatic carbocycles. The average molecular weight is 294 g/mol. The van der Waals surface area contributed by atoms with E-state index in [-0.39, 0.29) is 22.8 Å². The Hall–Kier alpha value is -0.130. The van der Waals surface area contributed by atoms with Crippen molar-refractivity contribution >= 4 is 21.8 Å². The second-order valence-corrected chi connectivity index (χ2v) is 5.54. The minimum atomic E-state index is 0.0206. The van der Waals surface area contributed by atoms with Gasteiger partial charge in [0.15, 0.2) is 0 Å². The molecule has 0 aromatic carbocycles. The second-order valence-electron chi connectivity index (χ2n) is 4.24. The van der Waals surface area contributed by atoms with Crippen molar-refractivity contribution in [2.24, 2.45) is 5.92 Å². The van der Waals surface area contributed by atoms with E-state index in [2.05, 4.69) is 15.9 Å². The fraction of sp³-hybridized carbons (Fsp3) is 0.909. The van der Waals surface area contributed by atoms with Crippen molar-refractivity contribution in [2.45, 2.75) is 24.3 Å². The third kappa shape index (κ3) is 3.71. The van der Waals surface area contributed by atoms with Crippen LogP contribution in [0.25, 0.3) is 0 Å². The molecular formula is C11H20BrNO3. The van der Waals surface area contributed by atoms with Crippen molar-refractivity contribution in [1.29, 1.82) is 0 Å². The summed E-state index contributed by atoms with van der Waals surface area (Å²) in [6, 6.07) is 0. The molecule has 3 unspecified atom stereocenters. The number of carbonyl (C=O) groups is 1. The SMILES string of the molecule is COCC(Br)CN(C)C(=O)C1CCOC1C. The van der Waals surface area contributed by atoms with Crippen molar-refractivity contribution in [2.75, 3.05) is 33.9 Å². The molecular weight excluding hydrogens is 274 g/mol. The maximum absolute atomic E-state index is 12.1. The van der Waals surface area contributed by atoms with Gasteiger partial charge < -0.3 is 14.4 Å². The molecule has 1 fully saturated rings. The summed E-state index contributed by atoms with van der Waals surface area (Å²) in [6.07, 6.45) is 0.882. The fourth-order valence-electron chi connectivity index (χ4n) is 1.96. The van der Waals surface area contributed by atoms with Crippen LogP contribution in [0, 0.1) is 5.92 Å². The monoisotopic (exact) mass is 293 g/mol. The van der Waals surface area contributed by atoms with Crippen molar-refractivity contribution in [3.63, 3.8) is 0 Å². The molecule has 0 aromatic rings. The van der Waals surface area contributed by atoms with Crippen LogP contribution in [0.3, 0.4) is 0 Å². The van der Waals surface area contributed by atoms with Gasteiger partial charge in [-0.3, -0.25) is 4.79 Å². The Kier molecular flexibility index (Phi) is 5.72. The molecule has 0 saturated carbocycles. The number of methoxy groups -OCH3 is 1. The lowest BCUT2D eigenvalue weighted by molar-refractivity contribution is -0.135. The first-order chi connectivity index (χ1) is 7.56. The molecule has 0 bridgehead atoms. The Labute approximate surface area is 105 Å². The summed E-state index contributed by atoms with van der Waals surface area (Å²) in [5, 5.41) is 0. The summed E-state index contributed by atoms with van der Waals surface area (Å²) in [5.41, 5.74) is 0. The van der Waals surface area contributed by atoms with Crippen LogP contribution in [0.5, 0.6) is 0 Å². The zero-order valence-electron chi connectivity index (χ0n) is 10.1. The lowest BCUT2D eigenvalue weighted by Gasteiger charge is -2.24. The molecule has 16 heavy (non-hydrogen) atoms. The fourth-order valence-corrected chi connectivity index (χ4v) is 2.66. The van der Waals surface area contributed by atoms with Crippen LogP contribution in [0.4, 0.5) is 0 Å². The van der Waals surface area contributed by atoms with Gasteiger partial charge in [-0.05, 0) is 13.3 Å². The third-order valence-corrected chi connectivity index (χ3v) is 3.44. The van der Waals surface area contributed by atoms with E-state index in [0.717, 1.165) is 6.42 Å². The minimum Gasteiger partial charge on any atom is -0.383 e. The second kappa shape index (κ2) is 6.57. The molecule has 3 atom stereocenters. The summed E-state index contributed by atoms with van der Waals surface area (Å²) in [7, 11) is 3.49. The topological polar surface area (TPSA) is 38.8 Å². The summed E-state index contributed by atoms with van der Waals surface area (Å²) >= 11 is 3.48. The number of nitrogens with zero attached hydrogens (tertiary/aromatic N) is 1. The molecule has 0 N–H and O–H groups in total. The normalized spacial score (nSPS) is 26.8. The highest BCUT2D eigenvalue weighted by Gasteiger charge is 2.32. The van der Waals surface area contributed by atoms with Gasteiger partial charge in [0.25, 0.3) is 0 Å². The standard InChI is InChI=1S/C11H20BrNO3/c1-8-10(4-5-16-8)11(14)13(2)6-9(12)7-15-3/h8-10H,4-7H2,1-3H3. The van der Waals surface area contributed by atoms with Gasteiger partial charge in [-0.2, -0.15) is 0 Å². The van der Waals surface area contributed by atoms with Crippen molar-refractivity contribution < 1.29 is 14.3 Å². The maximum atomic E-state index is 12.1. The number of alkyl halides is 1. The molecule has 4 nitrogen and oxygen atoms in total. The highest BCUT2D eigenvalue weighted by Crippen LogP contribution is 2.22. The highest BCUT2D eigenvalue weighted by molar-refractivity contribution is 9.09. The lowest BCUT2D eigenvalue weighted by atomic mass is 10.0. The number of hydrogen-bond acceptors (Lipinski definition) is 3. The predicted molar refractivity (Wildman–Crippen MR) is 65.7 cm³/mol. The number of carbonyl (C=O) groups excluding carboxylic acids is 1. The van der Waals surface area contributed by atoms with Gasteiger partial charge >= 0.3 is 0 Å². The van der Waals surface area contributed by atoms with E-state index >= 15 is 0 Å². The van der Waals surface area contributed by atoms with Crippen molar-refractivity contribution in [3.05, 3.63) is 0 Å². The molecule has 1 heterocycles. The summed E-state index contributed by atoms with van der Waals surface area (Å²) in [6.45, 7) is 3.93. The van der Waals surface area contributed by atoms with Gasteiger partial charge in [0.1, 0.15) is 0 Å². The Balaban J connectivity index is 2.40. The zero-order valence-corrected chi connectivity index (χ0v) is 11.7. The minimum absolute atomic E-state index is 0.0206. The quantitative estimate of drug-likeness (QED) is 0.717. The molecule has 1 aliphatic rings. The molecule has 0 spiro atoms. The lowest BCUT2D eigenvalue weighted by Crippen LogP contribution is -2.39. The van der Waals surface area contributed by atoms with E-state index in [4.69, 9.17) is 9.47 Å². The smallest absolute Gasteiger partial charge is 0.228 e. The van der Waals surface area contributed by atoms with Crippen molar-refractivity contribution in [1.82, 2.24) is 4.90 Å². The third-order valence-electron chi connectivity index (χ3n) is 2.89. The van der Waals surface area contributed by atoms with Crippen LogP contribution in [0.2, 0.25) is 0 Å². The first-order valence-electron chi connectivity index (χ1n) is 5.55. The average Bonchev–Trinajstić information content (AvgIpc) is 2.63. The molecule has 1 aliphatic heterocycles. The summed E-state index contributed by atoms with van der Waals surface area (Å²) in [5.74, 6) is 0.192. The van der Waals surface area contributed by atoms with E-state index in [0.29, 0.717) is 19.8 Å². The number of rotatable bonds is 5. The van der Waals surface area contributed by atoms with Crippen LogP contribution in [0.1, 0.15) is 13.3 Å². The van der Waals surface area contributed by atoms with Gasteiger partial charge in [0.05, 0.1) is 23.5 Å². The zero-order chi connectivity index (χ0) is 12.1. The molecule has 0 aromatic heterocycles. The Morgan fingerprint density at radius 2 is 2.38 bits per heavy atom. The number of ether oxygens (including phenoxy) is 2. The number of amides is 1. The highest BCUT2D eigenvalue weighted by atomic mass is 79.9. The van der Waals surface area contributed by atoms with E-state index < -0.39 is 0 Å². The summed E-state index contributed by atoms with van der Waals surface area (Å²) in [4.78, 5) is 14.0. The Bertz CT molecular complexity index is 237. The van der Waals surface area contributed by atoms with E-state index in [1.54, 1.807) is 12.0 Å².